The van der Waals surface area contributed by atoms with Crippen molar-refractivity contribution in [1.29, 1.82) is 0 Å². The third kappa shape index (κ3) is 33.4. The Bertz CT molecular complexity index is 667. The van der Waals surface area contributed by atoms with E-state index in [1.807, 2.05) is 6.08 Å². The van der Waals surface area contributed by atoms with Gasteiger partial charge in [-0.1, -0.05) is 213 Å². The largest absolute Gasteiger partial charge is 0.394 e. The fourth-order valence-corrected chi connectivity index (χ4v) is 6.49. The van der Waals surface area contributed by atoms with Crippen LogP contribution in [0.2, 0.25) is 0 Å². The molecule has 280 valence electrons. The highest BCUT2D eigenvalue weighted by Crippen LogP contribution is 2.16. The van der Waals surface area contributed by atoms with Crippen molar-refractivity contribution in [2.45, 2.75) is 238 Å². The van der Waals surface area contributed by atoms with E-state index in [9.17, 15) is 20.1 Å². The summed E-state index contributed by atoms with van der Waals surface area (Å²) >= 11 is 0. The first-order valence-corrected chi connectivity index (χ1v) is 20.9. The Balaban J connectivity index is 3.62. The van der Waals surface area contributed by atoms with E-state index in [4.69, 9.17) is 0 Å². The van der Waals surface area contributed by atoms with Gasteiger partial charge in [0, 0.05) is 0 Å². The molecule has 0 aromatic carbocycles. The Labute approximate surface area is 293 Å². The lowest BCUT2D eigenvalue weighted by Crippen LogP contribution is -2.48. The van der Waals surface area contributed by atoms with E-state index in [0.717, 1.165) is 38.0 Å². The predicted octanol–water partition coefficient (Wildman–Crippen LogP) is 11.5. The molecule has 0 bridgehead atoms. The molecule has 0 aliphatic rings. The third-order valence-corrected chi connectivity index (χ3v) is 9.81. The number of hydrogen-bond donors (Lipinski definition) is 4. The van der Waals surface area contributed by atoms with Gasteiger partial charge in [0.2, 0.25) is 5.91 Å². The van der Waals surface area contributed by atoms with Crippen LogP contribution in [0, 0.1) is 5.92 Å². The lowest BCUT2D eigenvalue weighted by molar-refractivity contribution is -0.131. The summed E-state index contributed by atoms with van der Waals surface area (Å²) in [4.78, 5) is 12.4. The summed E-state index contributed by atoms with van der Waals surface area (Å²) in [7, 11) is 0. The molecule has 0 rings (SSSR count). The quantitative estimate of drug-likeness (QED) is 0.0393. The summed E-state index contributed by atoms with van der Waals surface area (Å²) in [5, 5.41) is 33.0. The van der Waals surface area contributed by atoms with Gasteiger partial charge in [-0.25, -0.2) is 0 Å². The van der Waals surface area contributed by atoms with Crippen LogP contribution in [0.3, 0.4) is 0 Å². The monoisotopic (exact) mass is 666 g/mol. The standard InChI is InChI=1S/C42H83NO4/c1-4-5-6-7-8-9-10-11-12-13-14-15-16-17-18-19-20-23-27-30-33-36-41(46)42(47)43-39(37-44)40(45)35-32-29-26-24-21-22-25-28-31-34-38(2)3/h32,35,38-41,44-46H,4-31,33-34,36-37H2,1-3H3,(H,43,47)/b35-32+/t39-,40+,41+/m0/s1. The van der Waals surface area contributed by atoms with Crippen LogP contribution in [0.25, 0.3) is 0 Å². The first kappa shape index (κ1) is 46.1. The fraction of sp³-hybridized carbons (Fsp3) is 0.929. The summed E-state index contributed by atoms with van der Waals surface area (Å²) in [6.45, 7) is 6.50. The Morgan fingerprint density at radius 3 is 1.30 bits per heavy atom. The fourth-order valence-electron chi connectivity index (χ4n) is 6.49. The number of allylic oxidation sites excluding steroid dienone is 1. The molecule has 0 fully saturated rings. The molecule has 47 heavy (non-hydrogen) atoms. The van der Waals surface area contributed by atoms with Crippen molar-refractivity contribution in [3.63, 3.8) is 0 Å². The molecule has 0 saturated carbocycles. The SMILES string of the molecule is CCCCCCCCCCCCCCCCCCCCCCC[C@@H](O)C(=O)N[C@@H](CO)[C@H](O)/C=C/CCCCCCCCCC(C)C. The van der Waals surface area contributed by atoms with Crippen molar-refractivity contribution in [3.05, 3.63) is 12.2 Å². The second-order valence-electron chi connectivity index (χ2n) is 15.0. The van der Waals surface area contributed by atoms with Gasteiger partial charge in [-0.3, -0.25) is 4.79 Å². The van der Waals surface area contributed by atoms with Gasteiger partial charge in [-0.05, 0) is 25.2 Å². The van der Waals surface area contributed by atoms with Crippen LogP contribution in [0.4, 0.5) is 0 Å². The van der Waals surface area contributed by atoms with Crippen molar-refractivity contribution >= 4 is 5.91 Å². The van der Waals surface area contributed by atoms with Crippen LogP contribution in [-0.4, -0.2) is 46.1 Å². The van der Waals surface area contributed by atoms with Gasteiger partial charge < -0.3 is 20.6 Å². The minimum atomic E-state index is -1.09. The van der Waals surface area contributed by atoms with Crippen molar-refractivity contribution in [1.82, 2.24) is 5.32 Å². The molecule has 4 N–H and O–H groups in total. The number of amides is 1. The summed E-state index contributed by atoms with van der Waals surface area (Å²) in [6, 6.07) is -0.793. The lowest BCUT2D eigenvalue weighted by atomic mass is 10.0. The number of hydrogen-bond acceptors (Lipinski definition) is 4. The minimum Gasteiger partial charge on any atom is -0.394 e. The van der Waals surface area contributed by atoms with Gasteiger partial charge in [-0.2, -0.15) is 0 Å². The van der Waals surface area contributed by atoms with E-state index in [-0.39, 0.29) is 6.61 Å². The first-order valence-electron chi connectivity index (χ1n) is 20.9. The molecule has 0 aromatic heterocycles. The lowest BCUT2D eigenvalue weighted by Gasteiger charge is -2.21. The van der Waals surface area contributed by atoms with Crippen molar-refractivity contribution < 1.29 is 20.1 Å². The average molecular weight is 666 g/mol. The first-order chi connectivity index (χ1) is 22.9. The summed E-state index contributed by atoms with van der Waals surface area (Å²) in [5.41, 5.74) is 0. The van der Waals surface area contributed by atoms with Crippen molar-refractivity contribution in [3.8, 4) is 0 Å². The molecule has 3 atom stereocenters. The van der Waals surface area contributed by atoms with Crippen molar-refractivity contribution in [2.75, 3.05) is 6.61 Å². The smallest absolute Gasteiger partial charge is 0.249 e. The molecule has 0 radical (unpaired) electrons. The van der Waals surface area contributed by atoms with Crippen LogP contribution in [0.5, 0.6) is 0 Å². The Hall–Kier alpha value is -0.910. The second-order valence-corrected chi connectivity index (χ2v) is 15.0. The average Bonchev–Trinajstić information content (AvgIpc) is 3.06. The number of carbonyl (C=O) groups is 1. The maximum Gasteiger partial charge on any atom is 0.249 e. The summed E-state index contributed by atoms with van der Waals surface area (Å²) in [6.07, 6.45) is 41.0. The topological polar surface area (TPSA) is 89.8 Å². The van der Waals surface area contributed by atoms with E-state index in [2.05, 4.69) is 26.1 Å². The summed E-state index contributed by atoms with van der Waals surface area (Å²) in [5.74, 6) is 0.307. The van der Waals surface area contributed by atoms with Gasteiger partial charge in [0.1, 0.15) is 6.10 Å². The van der Waals surface area contributed by atoms with Crippen LogP contribution in [0.1, 0.15) is 220 Å². The zero-order chi connectivity index (χ0) is 34.6. The Morgan fingerprint density at radius 2 is 0.915 bits per heavy atom. The van der Waals surface area contributed by atoms with Crippen LogP contribution in [0.15, 0.2) is 12.2 Å². The van der Waals surface area contributed by atoms with Crippen LogP contribution in [-0.2, 0) is 4.79 Å². The zero-order valence-corrected chi connectivity index (χ0v) is 31.8. The van der Waals surface area contributed by atoms with Crippen LogP contribution < -0.4 is 5.32 Å². The number of nitrogens with one attached hydrogen (secondary N) is 1. The maximum atomic E-state index is 12.4. The summed E-state index contributed by atoms with van der Waals surface area (Å²) < 4.78 is 0. The van der Waals surface area contributed by atoms with E-state index < -0.39 is 24.2 Å². The highest BCUT2D eigenvalue weighted by atomic mass is 16.3. The molecule has 0 spiro atoms. The molecule has 1 amide bonds. The number of carbonyl (C=O) groups excluding carboxylic acids is 1. The number of aliphatic hydroxyl groups is 3. The second kappa shape index (κ2) is 36.4. The van der Waals surface area contributed by atoms with Gasteiger partial charge in [-0.15, -0.1) is 0 Å². The number of unbranched alkanes of at least 4 members (excludes halogenated alkanes) is 27. The number of rotatable bonds is 37. The van der Waals surface area contributed by atoms with E-state index in [1.54, 1.807) is 6.08 Å². The maximum absolute atomic E-state index is 12.4. The minimum absolute atomic E-state index is 0.361. The predicted molar refractivity (Wildman–Crippen MR) is 204 cm³/mol. The van der Waals surface area contributed by atoms with Gasteiger partial charge in [0.25, 0.3) is 0 Å². The Kier molecular flexibility index (Phi) is 35.7. The van der Waals surface area contributed by atoms with Gasteiger partial charge in [0.05, 0.1) is 18.8 Å². The molecule has 0 heterocycles. The normalized spacial score (nSPS) is 13.9. The van der Waals surface area contributed by atoms with E-state index in [1.165, 1.54) is 161 Å². The molecule has 5 nitrogen and oxygen atoms in total. The van der Waals surface area contributed by atoms with E-state index >= 15 is 0 Å². The van der Waals surface area contributed by atoms with Crippen LogP contribution >= 0.6 is 0 Å². The van der Waals surface area contributed by atoms with Crippen molar-refractivity contribution in [2.24, 2.45) is 5.92 Å². The molecule has 0 unspecified atom stereocenters. The zero-order valence-electron chi connectivity index (χ0n) is 31.8. The Morgan fingerprint density at radius 1 is 0.553 bits per heavy atom. The molecule has 5 heteroatoms. The highest BCUT2D eigenvalue weighted by Gasteiger charge is 2.22. The molecular weight excluding hydrogens is 582 g/mol. The highest BCUT2D eigenvalue weighted by molar-refractivity contribution is 5.80. The van der Waals surface area contributed by atoms with E-state index in [0.29, 0.717) is 6.42 Å². The molecule has 0 aliphatic heterocycles. The third-order valence-electron chi connectivity index (χ3n) is 9.81. The molecule has 0 saturated heterocycles. The molecular formula is C42H83NO4. The molecule has 0 aliphatic carbocycles. The van der Waals surface area contributed by atoms with Gasteiger partial charge >= 0.3 is 0 Å². The number of aliphatic hydroxyl groups excluding tert-OH is 3. The van der Waals surface area contributed by atoms with Gasteiger partial charge in [0.15, 0.2) is 0 Å². The molecule has 0 aromatic rings.